The Morgan fingerprint density at radius 1 is 1.32 bits per heavy atom. The van der Waals surface area contributed by atoms with E-state index >= 15 is 0 Å². The van der Waals surface area contributed by atoms with E-state index in [9.17, 15) is 0 Å². The third-order valence-corrected chi connectivity index (χ3v) is 3.45. The fourth-order valence-electron chi connectivity index (χ4n) is 2.16. The zero-order chi connectivity index (χ0) is 12.4. The zero-order valence-electron chi connectivity index (χ0n) is 10.9. The summed E-state index contributed by atoms with van der Waals surface area (Å²) in [5, 5.41) is 7.30. The first kappa shape index (κ1) is 14.0. The summed E-state index contributed by atoms with van der Waals surface area (Å²) in [5.41, 5.74) is 2.53. The molecular formula is C14H18ClN3O. The molecule has 0 radical (unpaired) electrons. The van der Waals surface area contributed by atoms with Crippen molar-refractivity contribution in [1.82, 2.24) is 15.5 Å². The van der Waals surface area contributed by atoms with Crippen LogP contribution in [0.5, 0.6) is 0 Å². The fraction of sp³-hybridized carbons (Fsp3) is 0.429. The Morgan fingerprint density at radius 2 is 2.11 bits per heavy atom. The molecule has 0 saturated carbocycles. The first-order valence-corrected chi connectivity index (χ1v) is 6.38. The van der Waals surface area contributed by atoms with Crippen LogP contribution in [0, 0.1) is 12.8 Å². The van der Waals surface area contributed by atoms with Gasteiger partial charge in [0.15, 0.2) is 5.82 Å². The minimum absolute atomic E-state index is 0. The molecule has 2 heterocycles. The summed E-state index contributed by atoms with van der Waals surface area (Å²) < 4.78 is 5.29. The summed E-state index contributed by atoms with van der Waals surface area (Å²) in [4.78, 5) is 4.46. The molecule has 19 heavy (non-hydrogen) atoms. The number of halogens is 1. The average molecular weight is 280 g/mol. The topological polar surface area (TPSA) is 51.0 Å². The van der Waals surface area contributed by atoms with Crippen molar-refractivity contribution in [1.29, 1.82) is 0 Å². The second-order valence-corrected chi connectivity index (χ2v) is 4.94. The highest BCUT2D eigenvalue weighted by atomic mass is 35.5. The van der Waals surface area contributed by atoms with Crippen LogP contribution in [0.2, 0.25) is 0 Å². The molecule has 5 heteroatoms. The number of hydrogen-bond acceptors (Lipinski definition) is 4. The van der Waals surface area contributed by atoms with Crippen molar-refractivity contribution in [2.24, 2.45) is 5.92 Å². The number of nitrogens with one attached hydrogen (secondary N) is 1. The SMILES string of the molecule is Cc1ccccc1Cc1noc(CC2CNC2)n1.Cl. The number of aromatic nitrogens is 2. The molecule has 1 N–H and O–H groups in total. The highest BCUT2D eigenvalue weighted by molar-refractivity contribution is 5.85. The lowest BCUT2D eigenvalue weighted by molar-refractivity contribution is 0.295. The van der Waals surface area contributed by atoms with E-state index < -0.39 is 0 Å². The summed E-state index contributed by atoms with van der Waals surface area (Å²) in [6.45, 7) is 4.24. The maximum Gasteiger partial charge on any atom is 0.227 e. The monoisotopic (exact) mass is 279 g/mol. The number of nitrogens with zero attached hydrogens (tertiary/aromatic N) is 2. The first-order valence-electron chi connectivity index (χ1n) is 6.38. The van der Waals surface area contributed by atoms with Crippen LogP contribution >= 0.6 is 12.4 Å². The molecule has 3 rings (SSSR count). The maximum atomic E-state index is 5.29. The van der Waals surface area contributed by atoms with Crippen molar-refractivity contribution in [3.8, 4) is 0 Å². The second kappa shape index (κ2) is 6.17. The number of hydrogen-bond donors (Lipinski definition) is 1. The van der Waals surface area contributed by atoms with Crippen molar-refractivity contribution in [3.05, 3.63) is 47.1 Å². The summed E-state index contributed by atoms with van der Waals surface area (Å²) in [7, 11) is 0. The van der Waals surface area contributed by atoms with E-state index in [1.807, 2.05) is 12.1 Å². The first-order chi connectivity index (χ1) is 8.81. The lowest BCUT2D eigenvalue weighted by Crippen LogP contribution is -2.43. The van der Waals surface area contributed by atoms with E-state index in [0.29, 0.717) is 5.92 Å². The predicted octanol–water partition coefficient (Wildman–Crippen LogP) is 2.15. The van der Waals surface area contributed by atoms with Crippen molar-refractivity contribution in [2.75, 3.05) is 13.1 Å². The van der Waals surface area contributed by atoms with Gasteiger partial charge in [-0.3, -0.25) is 0 Å². The fourth-order valence-corrected chi connectivity index (χ4v) is 2.16. The summed E-state index contributed by atoms with van der Waals surface area (Å²) in [5.74, 6) is 2.22. The predicted molar refractivity (Wildman–Crippen MR) is 75.6 cm³/mol. The second-order valence-electron chi connectivity index (χ2n) is 4.94. The molecule has 1 aromatic carbocycles. The van der Waals surface area contributed by atoms with Crippen LogP contribution in [0.1, 0.15) is 22.8 Å². The summed E-state index contributed by atoms with van der Waals surface area (Å²) in [6, 6.07) is 8.31. The highest BCUT2D eigenvalue weighted by Gasteiger charge is 2.20. The molecule has 0 bridgehead atoms. The third-order valence-electron chi connectivity index (χ3n) is 3.45. The maximum absolute atomic E-state index is 5.29. The smallest absolute Gasteiger partial charge is 0.227 e. The largest absolute Gasteiger partial charge is 0.339 e. The Morgan fingerprint density at radius 3 is 2.79 bits per heavy atom. The van der Waals surface area contributed by atoms with E-state index in [2.05, 4.69) is 34.5 Å². The van der Waals surface area contributed by atoms with Crippen LogP contribution in [0.4, 0.5) is 0 Å². The molecule has 2 aromatic rings. The van der Waals surface area contributed by atoms with E-state index in [1.54, 1.807) is 0 Å². The van der Waals surface area contributed by atoms with Crippen LogP contribution in [0.25, 0.3) is 0 Å². The zero-order valence-corrected chi connectivity index (χ0v) is 11.7. The Bertz CT molecular complexity index is 537. The lowest BCUT2D eigenvalue weighted by atomic mass is 10.00. The number of aryl methyl sites for hydroxylation is 1. The van der Waals surface area contributed by atoms with Gasteiger partial charge in [-0.2, -0.15) is 4.98 Å². The van der Waals surface area contributed by atoms with Crippen molar-refractivity contribution in [3.63, 3.8) is 0 Å². The summed E-state index contributed by atoms with van der Waals surface area (Å²) >= 11 is 0. The van der Waals surface area contributed by atoms with E-state index in [0.717, 1.165) is 37.6 Å². The number of benzene rings is 1. The van der Waals surface area contributed by atoms with Gasteiger partial charge in [0, 0.05) is 12.8 Å². The van der Waals surface area contributed by atoms with Gasteiger partial charge in [-0.05, 0) is 37.1 Å². The molecule has 0 atom stereocenters. The van der Waals surface area contributed by atoms with Gasteiger partial charge in [0.05, 0.1) is 0 Å². The van der Waals surface area contributed by atoms with Crippen molar-refractivity contribution in [2.45, 2.75) is 19.8 Å². The van der Waals surface area contributed by atoms with E-state index in [-0.39, 0.29) is 12.4 Å². The van der Waals surface area contributed by atoms with Gasteiger partial charge < -0.3 is 9.84 Å². The molecule has 1 fully saturated rings. The molecule has 0 unspecified atom stereocenters. The van der Waals surface area contributed by atoms with Crippen molar-refractivity contribution >= 4 is 12.4 Å². The molecule has 1 aliphatic rings. The van der Waals surface area contributed by atoms with Gasteiger partial charge in [0.2, 0.25) is 5.89 Å². The number of rotatable bonds is 4. The van der Waals surface area contributed by atoms with Crippen LogP contribution in [-0.4, -0.2) is 23.2 Å². The molecule has 0 spiro atoms. The average Bonchev–Trinajstić information content (AvgIpc) is 2.75. The van der Waals surface area contributed by atoms with Crippen LogP contribution < -0.4 is 5.32 Å². The quantitative estimate of drug-likeness (QED) is 0.932. The Labute approximate surface area is 119 Å². The molecule has 0 aliphatic carbocycles. The minimum Gasteiger partial charge on any atom is -0.339 e. The Balaban J connectivity index is 0.00000133. The summed E-state index contributed by atoms with van der Waals surface area (Å²) in [6.07, 6.45) is 1.65. The highest BCUT2D eigenvalue weighted by Crippen LogP contribution is 2.14. The van der Waals surface area contributed by atoms with Crippen LogP contribution in [0.3, 0.4) is 0 Å². The molecular weight excluding hydrogens is 262 g/mol. The lowest BCUT2D eigenvalue weighted by Gasteiger charge is -2.25. The van der Waals surface area contributed by atoms with Gasteiger partial charge >= 0.3 is 0 Å². The molecule has 1 aromatic heterocycles. The Hall–Kier alpha value is -1.39. The van der Waals surface area contributed by atoms with Gasteiger partial charge in [-0.25, -0.2) is 0 Å². The Kier molecular flexibility index (Phi) is 4.56. The van der Waals surface area contributed by atoms with Gasteiger partial charge in [-0.1, -0.05) is 29.4 Å². The molecule has 4 nitrogen and oxygen atoms in total. The van der Waals surface area contributed by atoms with E-state index in [4.69, 9.17) is 4.52 Å². The molecule has 0 amide bonds. The standard InChI is InChI=1S/C14H17N3O.ClH/c1-10-4-2-3-5-12(10)7-13-16-14(18-17-13)6-11-8-15-9-11;/h2-5,11,15H,6-9H2,1H3;1H. The van der Waals surface area contributed by atoms with Crippen LogP contribution in [-0.2, 0) is 12.8 Å². The third kappa shape index (κ3) is 3.33. The molecule has 102 valence electrons. The molecule has 1 saturated heterocycles. The van der Waals surface area contributed by atoms with Crippen LogP contribution in [0.15, 0.2) is 28.8 Å². The molecule has 1 aliphatic heterocycles. The minimum atomic E-state index is 0. The van der Waals surface area contributed by atoms with Crippen molar-refractivity contribution < 1.29 is 4.52 Å². The van der Waals surface area contributed by atoms with Gasteiger partial charge in [-0.15, -0.1) is 12.4 Å². The normalized spacial score (nSPS) is 14.8. The van der Waals surface area contributed by atoms with Gasteiger partial charge in [0.25, 0.3) is 0 Å². The van der Waals surface area contributed by atoms with Gasteiger partial charge in [0.1, 0.15) is 0 Å². The van der Waals surface area contributed by atoms with E-state index in [1.165, 1.54) is 11.1 Å².